The summed E-state index contributed by atoms with van der Waals surface area (Å²) in [5, 5.41) is 0. The molecule has 2 aromatic carbocycles. The van der Waals surface area contributed by atoms with Gasteiger partial charge in [-0.25, -0.2) is 0 Å². The van der Waals surface area contributed by atoms with E-state index in [4.69, 9.17) is 14.2 Å². The monoisotopic (exact) mass is 604 g/mol. The Morgan fingerprint density at radius 3 is 2.56 bits per heavy atom. The number of fused-ring (bicyclic) bond motifs is 3. The van der Waals surface area contributed by atoms with Crippen LogP contribution in [0.4, 0.5) is 5.69 Å². The zero-order chi connectivity index (χ0) is 30.9. The highest BCUT2D eigenvalue weighted by molar-refractivity contribution is 6.11. The molecule has 1 spiro atoms. The number of ether oxygens (including phenoxy) is 3. The maximum Gasteiger partial charge on any atom is 0.311 e. The molecule has 230 valence electrons. The number of methoxy groups -OCH3 is 1. The van der Waals surface area contributed by atoms with Crippen LogP contribution in [0, 0.1) is 23.7 Å². The molecule has 8 atom stereocenters. The minimum absolute atomic E-state index is 0.00827. The first-order valence-electron chi connectivity index (χ1n) is 15.9. The van der Waals surface area contributed by atoms with Gasteiger partial charge in [0.15, 0.2) is 11.9 Å². The van der Waals surface area contributed by atoms with Crippen molar-refractivity contribution >= 4 is 23.3 Å². The van der Waals surface area contributed by atoms with E-state index < -0.39 is 29.5 Å². The van der Waals surface area contributed by atoms with E-state index in [0.29, 0.717) is 23.7 Å². The zero-order valence-corrected chi connectivity index (χ0v) is 25.4. The number of amides is 1. The number of anilines is 1. The first-order valence-corrected chi connectivity index (χ1v) is 15.9. The van der Waals surface area contributed by atoms with E-state index in [-0.39, 0.29) is 42.1 Å². The molecule has 4 fully saturated rings. The Morgan fingerprint density at radius 2 is 1.80 bits per heavy atom. The molecule has 3 aliphatic carbocycles. The number of allylic oxidation sites excluding steroid dienone is 6. The second-order valence-corrected chi connectivity index (χ2v) is 12.6. The zero-order valence-electron chi connectivity index (χ0n) is 25.4. The molecule has 3 saturated heterocycles. The summed E-state index contributed by atoms with van der Waals surface area (Å²) in [6, 6.07) is 16.1. The molecule has 6 aliphatic rings. The summed E-state index contributed by atoms with van der Waals surface area (Å²) < 4.78 is 17.7. The van der Waals surface area contributed by atoms with Crippen molar-refractivity contribution in [1.29, 1.82) is 0 Å². The van der Waals surface area contributed by atoms with Crippen LogP contribution in [0.2, 0.25) is 0 Å². The predicted molar refractivity (Wildman–Crippen MR) is 168 cm³/mol. The Bertz CT molecular complexity index is 1680. The highest BCUT2D eigenvalue weighted by atomic mass is 16.5. The Labute approximate surface area is 262 Å². The number of hydrogen-bond donors (Lipinski definition) is 0. The maximum atomic E-state index is 15.0. The van der Waals surface area contributed by atoms with Crippen molar-refractivity contribution in [3.8, 4) is 11.5 Å². The van der Waals surface area contributed by atoms with E-state index in [1.807, 2.05) is 72.8 Å². The number of hydrogen-bond acceptors (Lipinski definition) is 7. The van der Waals surface area contributed by atoms with Gasteiger partial charge in [0.25, 0.3) is 5.91 Å². The van der Waals surface area contributed by atoms with E-state index >= 15 is 0 Å². The van der Waals surface area contributed by atoms with Crippen LogP contribution >= 0.6 is 0 Å². The lowest BCUT2D eigenvalue weighted by Crippen LogP contribution is -2.72. The summed E-state index contributed by atoms with van der Waals surface area (Å²) in [5.74, 6) is -0.811. The van der Waals surface area contributed by atoms with Gasteiger partial charge in [0.2, 0.25) is 0 Å². The van der Waals surface area contributed by atoms with Gasteiger partial charge in [0.1, 0.15) is 17.0 Å². The average Bonchev–Trinajstić information content (AvgIpc) is 3.73. The van der Waals surface area contributed by atoms with Crippen molar-refractivity contribution in [3.63, 3.8) is 0 Å². The molecule has 8 nitrogen and oxygen atoms in total. The number of esters is 1. The highest BCUT2D eigenvalue weighted by Crippen LogP contribution is 2.63. The molecule has 3 unspecified atom stereocenters. The largest absolute Gasteiger partial charge is 0.497 e. The number of Topliss-reactive ketones (excluding diaryl/α,β-unsaturated/α-hetero) is 1. The van der Waals surface area contributed by atoms with Crippen molar-refractivity contribution in [2.24, 2.45) is 23.7 Å². The van der Waals surface area contributed by atoms with Gasteiger partial charge in [0.05, 0.1) is 25.7 Å². The molecule has 2 aromatic rings. The first-order chi connectivity index (χ1) is 22.0. The maximum absolute atomic E-state index is 15.0. The van der Waals surface area contributed by atoms with E-state index in [9.17, 15) is 14.4 Å². The number of β-lactam (4-membered cyclic amide) rings is 1. The van der Waals surface area contributed by atoms with Gasteiger partial charge in [-0.05, 0) is 68.3 Å². The molecule has 3 aliphatic heterocycles. The van der Waals surface area contributed by atoms with Gasteiger partial charge >= 0.3 is 5.97 Å². The van der Waals surface area contributed by atoms with Crippen LogP contribution in [0.5, 0.6) is 11.5 Å². The van der Waals surface area contributed by atoms with Crippen LogP contribution in [-0.4, -0.2) is 66.5 Å². The quantitative estimate of drug-likeness (QED) is 0.335. The molecular formula is C37H36N2O6. The van der Waals surface area contributed by atoms with Crippen molar-refractivity contribution in [3.05, 3.63) is 102 Å². The van der Waals surface area contributed by atoms with Crippen LogP contribution in [-0.2, 0) is 19.1 Å². The number of carbonyl (C=O) groups excluding carboxylic acids is 3. The first kappa shape index (κ1) is 28.1. The Morgan fingerprint density at radius 1 is 1.00 bits per heavy atom. The summed E-state index contributed by atoms with van der Waals surface area (Å²) >= 11 is 0. The summed E-state index contributed by atoms with van der Waals surface area (Å²) in [5.41, 5.74) is 1.44. The summed E-state index contributed by atoms with van der Waals surface area (Å²) in [4.78, 5) is 47.6. The van der Waals surface area contributed by atoms with Gasteiger partial charge in [0, 0.05) is 35.1 Å². The van der Waals surface area contributed by atoms with Gasteiger partial charge in [-0.2, -0.15) is 0 Å². The minimum atomic E-state index is -1.11. The Hall–Kier alpha value is -4.43. The van der Waals surface area contributed by atoms with Crippen molar-refractivity contribution < 1.29 is 28.6 Å². The van der Waals surface area contributed by atoms with E-state index in [2.05, 4.69) is 23.1 Å². The second kappa shape index (κ2) is 10.6. The molecule has 0 aromatic heterocycles. The minimum Gasteiger partial charge on any atom is -0.497 e. The van der Waals surface area contributed by atoms with Gasteiger partial charge < -0.3 is 19.1 Å². The third kappa shape index (κ3) is 3.84. The molecule has 8 heteroatoms. The lowest BCUT2D eigenvalue weighted by Gasteiger charge is -2.51. The van der Waals surface area contributed by atoms with Crippen molar-refractivity contribution in [2.45, 2.75) is 43.5 Å². The molecule has 0 radical (unpaired) electrons. The molecule has 1 saturated carbocycles. The van der Waals surface area contributed by atoms with Crippen molar-refractivity contribution in [2.75, 3.05) is 25.2 Å². The SMILES string of the molecule is CCOC(=O)[C@@H]1[C@@H]([C@H]2[C@@H](Oc3ccccc3)C(=O)N2c2ccc(OC)cc2)C2CCCN2[C@@]12C(=O)C1=CC=CC3=CC=CC2C31. The lowest BCUT2D eigenvalue weighted by molar-refractivity contribution is -0.158. The van der Waals surface area contributed by atoms with Gasteiger partial charge in [-0.3, -0.25) is 19.3 Å². The fraction of sp³-hybridized carbons (Fsp3) is 0.378. The highest BCUT2D eigenvalue weighted by Gasteiger charge is 2.77. The van der Waals surface area contributed by atoms with E-state index in [1.165, 1.54) is 0 Å². The summed E-state index contributed by atoms with van der Waals surface area (Å²) in [6.45, 7) is 2.71. The van der Waals surface area contributed by atoms with Crippen LogP contribution in [0.1, 0.15) is 19.8 Å². The number of ketones is 1. The summed E-state index contributed by atoms with van der Waals surface area (Å²) in [6.07, 6.45) is 13.1. The normalized spacial score (nSPS) is 34.3. The third-order valence-corrected chi connectivity index (χ3v) is 10.8. The Balaban J connectivity index is 1.30. The number of nitrogens with zero attached hydrogens (tertiary/aromatic N) is 2. The van der Waals surface area contributed by atoms with Crippen LogP contribution in [0.15, 0.2) is 102 Å². The molecule has 8 rings (SSSR count). The molecule has 1 amide bonds. The molecule has 45 heavy (non-hydrogen) atoms. The van der Waals surface area contributed by atoms with Gasteiger partial charge in [-0.1, -0.05) is 54.7 Å². The number of para-hydroxylation sites is 1. The number of rotatable bonds is 7. The molecule has 0 N–H and O–H groups in total. The summed E-state index contributed by atoms with van der Waals surface area (Å²) in [7, 11) is 1.61. The van der Waals surface area contributed by atoms with Crippen LogP contribution in [0.25, 0.3) is 0 Å². The Kier molecular flexibility index (Phi) is 6.60. The van der Waals surface area contributed by atoms with Crippen LogP contribution < -0.4 is 14.4 Å². The van der Waals surface area contributed by atoms with Crippen LogP contribution in [0.3, 0.4) is 0 Å². The topological polar surface area (TPSA) is 85.4 Å². The van der Waals surface area contributed by atoms with Crippen molar-refractivity contribution in [1.82, 2.24) is 4.90 Å². The van der Waals surface area contributed by atoms with E-state index in [0.717, 1.165) is 24.0 Å². The number of carbonyl (C=O) groups is 3. The lowest BCUT2D eigenvalue weighted by atomic mass is 9.65. The standard InChI is InChI=1S/C37H36N2O6/c1-3-44-36(42)31-30(28-16-9-21-38(28)37(31)27-15-8-11-22-10-7-14-26(29(22)27)34(37)40)32-33(45-25-12-5-4-6-13-25)35(41)39(32)23-17-19-24(43-2)20-18-23/h4-8,10-15,17-20,27-33H,3,9,16,21H2,1-2H3/t27?,28?,29?,30-,31-,32-,33+,37+/m0/s1. The third-order valence-electron chi connectivity index (χ3n) is 10.8. The van der Waals surface area contributed by atoms with Gasteiger partial charge in [-0.15, -0.1) is 0 Å². The fourth-order valence-electron chi connectivity index (χ4n) is 9.28. The molecular weight excluding hydrogens is 568 g/mol. The molecule has 0 bridgehead atoms. The predicted octanol–water partition coefficient (Wildman–Crippen LogP) is 4.68. The van der Waals surface area contributed by atoms with E-state index in [1.54, 1.807) is 18.9 Å². The average molecular weight is 605 g/mol. The number of benzene rings is 2. The fourth-order valence-corrected chi connectivity index (χ4v) is 9.28. The smallest absolute Gasteiger partial charge is 0.311 e. The molecule has 3 heterocycles. The second-order valence-electron chi connectivity index (χ2n) is 12.6.